The van der Waals surface area contributed by atoms with Crippen LogP contribution in [0.5, 0.6) is 0 Å². The summed E-state index contributed by atoms with van der Waals surface area (Å²) in [5.41, 5.74) is 2.38. The highest BCUT2D eigenvalue weighted by Crippen LogP contribution is 2.22. The van der Waals surface area contributed by atoms with E-state index in [-0.39, 0.29) is 5.91 Å². The molecule has 1 aromatic carbocycles. The number of fused-ring (bicyclic) bond motifs is 1. The average molecular weight is 392 g/mol. The zero-order valence-corrected chi connectivity index (χ0v) is 15.4. The smallest absolute Gasteiger partial charge is 0.252 e. The number of morpholine rings is 1. The molecule has 0 saturated carbocycles. The summed E-state index contributed by atoms with van der Waals surface area (Å²) in [6.07, 6.45) is 0.942. The number of aryl methyl sites for hydroxylation is 1. The number of hydrogen-bond acceptors (Lipinski definition) is 4. The van der Waals surface area contributed by atoms with Crippen LogP contribution >= 0.6 is 15.9 Å². The topological polar surface area (TPSA) is 54.5 Å². The zero-order valence-electron chi connectivity index (χ0n) is 13.8. The van der Waals surface area contributed by atoms with Gasteiger partial charge >= 0.3 is 0 Å². The van der Waals surface area contributed by atoms with E-state index in [1.165, 1.54) is 0 Å². The van der Waals surface area contributed by atoms with Crippen molar-refractivity contribution in [2.75, 3.05) is 39.4 Å². The van der Waals surface area contributed by atoms with Crippen molar-refractivity contribution < 1.29 is 9.53 Å². The maximum atomic E-state index is 12.6. The molecule has 0 aliphatic carbocycles. The van der Waals surface area contributed by atoms with Gasteiger partial charge in [0.25, 0.3) is 5.91 Å². The Morgan fingerprint density at radius 2 is 2.12 bits per heavy atom. The molecule has 2 aromatic rings. The van der Waals surface area contributed by atoms with Gasteiger partial charge in [-0.25, -0.2) is 0 Å². The number of rotatable bonds is 5. The third-order valence-corrected chi connectivity index (χ3v) is 4.68. The van der Waals surface area contributed by atoms with Crippen molar-refractivity contribution >= 4 is 32.7 Å². The average Bonchev–Trinajstić information content (AvgIpc) is 2.59. The molecule has 3 rings (SSSR count). The summed E-state index contributed by atoms with van der Waals surface area (Å²) in [7, 11) is 0. The quantitative estimate of drug-likeness (QED) is 0.796. The van der Waals surface area contributed by atoms with Crippen LogP contribution in [0.2, 0.25) is 0 Å². The molecule has 0 atom stereocenters. The Morgan fingerprint density at radius 1 is 1.33 bits per heavy atom. The number of carbonyl (C=O) groups excluding carboxylic acids is 1. The third kappa shape index (κ3) is 4.32. The fraction of sp³-hybridized carbons (Fsp3) is 0.444. The monoisotopic (exact) mass is 391 g/mol. The highest BCUT2D eigenvalue weighted by molar-refractivity contribution is 9.10. The minimum absolute atomic E-state index is 0.0365. The lowest BCUT2D eigenvalue weighted by molar-refractivity contribution is 0.0374. The molecule has 1 fully saturated rings. The van der Waals surface area contributed by atoms with Gasteiger partial charge < -0.3 is 10.1 Å². The first kappa shape index (κ1) is 17.3. The molecule has 2 heterocycles. The lowest BCUT2D eigenvalue weighted by Crippen LogP contribution is -2.38. The lowest BCUT2D eigenvalue weighted by atomic mass is 10.1. The van der Waals surface area contributed by atoms with E-state index in [9.17, 15) is 4.79 Å². The Balaban J connectivity index is 1.62. The summed E-state index contributed by atoms with van der Waals surface area (Å²) >= 11 is 3.47. The van der Waals surface area contributed by atoms with Crippen LogP contribution in [0.25, 0.3) is 10.9 Å². The molecular weight excluding hydrogens is 370 g/mol. The van der Waals surface area contributed by atoms with E-state index < -0.39 is 0 Å². The first-order chi connectivity index (χ1) is 11.6. The fourth-order valence-electron chi connectivity index (χ4n) is 2.94. The molecule has 24 heavy (non-hydrogen) atoms. The first-order valence-electron chi connectivity index (χ1n) is 8.29. The lowest BCUT2D eigenvalue weighted by Gasteiger charge is -2.26. The SMILES string of the molecule is Cc1cc(C(=O)NCCCN2CCOCC2)c2cc(Br)ccc2n1. The van der Waals surface area contributed by atoms with Crippen molar-refractivity contribution in [3.8, 4) is 0 Å². The van der Waals surface area contributed by atoms with Crippen LogP contribution in [-0.4, -0.2) is 55.2 Å². The summed E-state index contributed by atoms with van der Waals surface area (Å²) in [6.45, 7) is 7.16. The molecule has 1 aromatic heterocycles. The molecular formula is C18H22BrN3O2. The number of nitrogens with one attached hydrogen (secondary N) is 1. The first-order valence-corrected chi connectivity index (χ1v) is 9.08. The van der Waals surface area contributed by atoms with Gasteiger partial charge in [0, 0.05) is 35.2 Å². The van der Waals surface area contributed by atoms with Crippen LogP contribution in [0.15, 0.2) is 28.7 Å². The number of pyridine rings is 1. The van der Waals surface area contributed by atoms with Gasteiger partial charge in [0.2, 0.25) is 0 Å². The molecule has 1 aliphatic heterocycles. The number of carbonyl (C=O) groups is 1. The van der Waals surface area contributed by atoms with Gasteiger partial charge in [0.05, 0.1) is 24.3 Å². The zero-order chi connectivity index (χ0) is 16.9. The van der Waals surface area contributed by atoms with E-state index in [4.69, 9.17) is 4.74 Å². The minimum atomic E-state index is -0.0365. The van der Waals surface area contributed by atoms with Crippen LogP contribution in [0.4, 0.5) is 0 Å². The number of hydrogen-bond donors (Lipinski definition) is 1. The van der Waals surface area contributed by atoms with Crippen molar-refractivity contribution in [3.63, 3.8) is 0 Å². The maximum Gasteiger partial charge on any atom is 0.252 e. The van der Waals surface area contributed by atoms with Crippen LogP contribution in [-0.2, 0) is 4.74 Å². The largest absolute Gasteiger partial charge is 0.379 e. The number of nitrogens with zero attached hydrogens (tertiary/aromatic N) is 2. The number of ether oxygens (including phenoxy) is 1. The third-order valence-electron chi connectivity index (χ3n) is 4.18. The van der Waals surface area contributed by atoms with E-state index in [2.05, 4.69) is 31.1 Å². The van der Waals surface area contributed by atoms with Crippen molar-refractivity contribution in [1.29, 1.82) is 0 Å². The van der Waals surface area contributed by atoms with Crippen molar-refractivity contribution in [1.82, 2.24) is 15.2 Å². The van der Waals surface area contributed by atoms with Gasteiger partial charge in [-0.3, -0.25) is 14.7 Å². The van der Waals surface area contributed by atoms with E-state index >= 15 is 0 Å². The summed E-state index contributed by atoms with van der Waals surface area (Å²) in [4.78, 5) is 19.5. The predicted molar refractivity (Wildman–Crippen MR) is 98.4 cm³/mol. The second-order valence-corrected chi connectivity index (χ2v) is 6.95. The van der Waals surface area contributed by atoms with Gasteiger partial charge in [0.1, 0.15) is 0 Å². The highest BCUT2D eigenvalue weighted by Gasteiger charge is 2.13. The van der Waals surface area contributed by atoms with Crippen LogP contribution in [0, 0.1) is 6.92 Å². The molecule has 1 amide bonds. The van der Waals surface area contributed by atoms with Crippen LogP contribution < -0.4 is 5.32 Å². The Morgan fingerprint density at radius 3 is 2.92 bits per heavy atom. The van der Waals surface area contributed by atoms with Gasteiger partial charge in [-0.05, 0) is 44.2 Å². The standard InChI is InChI=1S/C18H22BrN3O2/c1-13-11-16(15-12-14(19)3-4-17(15)21-13)18(23)20-5-2-6-22-7-9-24-10-8-22/h3-4,11-12H,2,5-10H2,1H3,(H,20,23). The second-order valence-electron chi connectivity index (χ2n) is 6.04. The molecule has 1 saturated heterocycles. The second kappa shape index (κ2) is 8.05. The molecule has 1 N–H and O–H groups in total. The fourth-order valence-corrected chi connectivity index (χ4v) is 3.30. The van der Waals surface area contributed by atoms with E-state index in [0.717, 1.165) is 60.3 Å². The highest BCUT2D eigenvalue weighted by atomic mass is 79.9. The van der Waals surface area contributed by atoms with E-state index in [1.807, 2.05) is 31.2 Å². The number of halogens is 1. The Hall–Kier alpha value is -1.50. The molecule has 0 unspecified atom stereocenters. The molecule has 6 heteroatoms. The predicted octanol–water partition coefficient (Wildman–Crippen LogP) is 2.76. The van der Waals surface area contributed by atoms with Gasteiger partial charge in [-0.1, -0.05) is 15.9 Å². The summed E-state index contributed by atoms with van der Waals surface area (Å²) in [6, 6.07) is 7.68. The maximum absolute atomic E-state index is 12.6. The Labute approximate surface area is 150 Å². The van der Waals surface area contributed by atoms with Crippen molar-refractivity contribution in [2.45, 2.75) is 13.3 Å². The van der Waals surface area contributed by atoms with Crippen molar-refractivity contribution in [3.05, 3.63) is 40.0 Å². The Bertz CT molecular complexity index is 730. The Kier molecular flexibility index (Phi) is 5.81. The van der Waals surface area contributed by atoms with E-state index in [1.54, 1.807) is 0 Å². The molecule has 5 nitrogen and oxygen atoms in total. The van der Waals surface area contributed by atoms with E-state index in [0.29, 0.717) is 12.1 Å². The summed E-state index contributed by atoms with van der Waals surface area (Å²) in [5.74, 6) is -0.0365. The molecule has 0 spiro atoms. The normalized spacial score (nSPS) is 15.6. The van der Waals surface area contributed by atoms with Gasteiger partial charge in [-0.2, -0.15) is 0 Å². The molecule has 0 bridgehead atoms. The molecule has 1 aliphatic rings. The van der Waals surface area contributed by atoms with Crippen LogP contribution in [0.1, 0.15) is 22.5 Å². The minimum Gasteiger partial charge on any atom is -0.379 e. The van der Waals surface area contributed by atoms with Gasteiger partial charge in [0.15, 0.2) is 0 Å². The molecule has 128 valence electrons. The summed E-state index contributed by atoms with van der Waals surface area (Å²) in [5, 5.41) is 3.91. The van der Waals surface area contributed by atoms with Crippen LogP contribution in [0.3, 0.4) is 0 Å². The van der Waals surface area contributed by atoms with Gasteiger partial charge in [-0.15, -0.1) is 0 Å². The number of amides is 1. The van der Waals surface area contributed by atoms with Crippen molar-refractivity contribution in [2.24, 2.45) is 0 Å². The number of benzene rings is 1. The molecule has 0 radical (unpaired) electrons. The summed E-state index contributed by atoms with van der Waals surface area (Å²) < 4.78 is 6.29. The number of aromatic nitrogens is 1.